The van der Waals surface area contributed by atoms with Gasteiger partial charge in [-0.3, -0.25) is 0 Å². The molecule has 1 nitrogen and oxygen atoms in total. The van der Waals surface area contributed by atoms with Crippen LogP contribution in [0.3, 0.4) is 0 Å². The minimum atomic E-state index is -0.303. The first-order valence-corrected chi connectivity index (χ1v) is 7.65. The van der Waals surface area contributed by atoms with Gasteiger partial charge < -0.3 is 5.73 Å². The Bertz CT molecular complexity index is 789. The molecule has 0 bridgehead atoms. The van der Waals surface area contributed by atoms with E-state index in [9.17, 15) is 4.39 Å². The van der Waals surface area contributed by atoms with Crippen LogP contribution in [0.4, 0.5) is 10.1 Å². The zero-order valence-corrected chi connectivity index (χ0v) is 12.8. The van der Waals surface area contributed by atoms with Crippen LogP contribution in [0.1, 0.15) is 0 Å². The highest BCUT2D eigenvalue weighted by molar-refractivity contribution is 9.10. The van der Waals surface area contributed by atoms with Crippen LogP contribution in [0.25, 0.3) is 10.8 Å². The summed E-state index contributed by atoms with van der Waals surface area (Å²) in [5.41, 5.74) is 6.50. The molecule has 4 heteroatoms. The fraction of sp³-hybridized carbons (Fsp3) is 0. The van der Waals surface area contributed by atoms with Crippen LogP contribution in [-0.4, -0.2) is 0 Å². The number of anilines is 1. The topological polar surface area (TPSA) is 26.0 Å². The maximum Gasteiger partial charge on any atom is 0.138 e. The molecule has 0 amide bonds. The fourth-order valence-corrected chi connectivity index (χ4v) is 3.27. The van der Waals surface area contributed by atoms with Gasteiger partial charge in [-0.05, 0) is 51.0 Å². The largest absolute Gasteiger partial charge is 0.398 e. The fourth-order valence-electron chi connectivity index (χ4n) is 1.99. The maximum absolute atomic E-state index is 13.6. The van der Waals surface area contributed by atoms with Gasteiger partial charge in [-0.15, -0.1) is 0 Å². The molecule has 0 fully saturated rings. The van der Waals surface area contributed by atoms with Crippen LogP contribution in [-0.2, 0) is 0 Å². The molecule has 0 heterocycles. The van der Waals surface area contributed by atoms with Gasteiger partial charge in [0.1, 0.15) is 5.82 Å². The number of benzene rings is 3. The number of hydrogen-bond donors (Lipinski definition) is 1. The van der Waals surface area contributed by atoms with Gasteiger partial charge in [-0.1, -0.05) is 42.1 Å². The molecule has 0 aliphatic carbocycles. The molecule has 3 aromatic carbocycles. The van der Waals surface area contributed by atoms with Crippen LogP contribution in [0.15, 0.2) is 68.9 Å². The van der Waals surface area contributed by atoms with Crippen LogP contribution in [0, 0.1) is 5.82 Å². The second-order valence-electron chi connectivity index (χ2n) is 4.42. The molecule has 3 rings (SSSR count). The van der Waals surface area contributed by atoms with Crippen molar-refractivity contribution in [1.82, 2.24) is 0 Å². The van der Waals surface area contributed by atoms with E-state index < -0.39 is 0 Å². The average Bonchev–Trinajstić information content (AvgIpc) is 2.44. The first-order valence-electron chi connectivity index (χ1n) is 6.04. The van der Waals surface area contributed by atoms with E-state index in [-0.39, 0.29) is 5.82 Å². The molecule has 0 saturated carbocycles. The van der Waals surface area contributed by atoms with Crippen LogP contribution < -0.4 is 5.73 Å². The van der Waals surface area contributed by atoms with Crippen molar-refractivity contribution in [3.05, 3.63) is 64.9 Å². The predicted octanol–water partition coefficient (Wildman–Crippen LogP) is 5.47. The Labute approximate surface area is 129 Å². The van der Waals surface area contributed by atoms with Crippen molar-refractivity contribution in [3.63, 3.8) is 0 Å². The van der Waals surface area contributed by atoms with E-state index in [0.29, 0.717) is 10.2 Å². The Kier molecular flexibility index (Phi) is 3.68. The molecule has 3 aromatic rings. The molecule has 2 N–H and O–H groups in total. The lowest BCUT2D eigenvalue weighted by Crippen LogP contribution is -1.91. The molecule has 0 unspecified atom stereocenters. The van der Waals surface area contributed by atoms with E-state index in [2.05, 4.69) is 40.2 Å². The summed E-state index contributed by atoms with van der Waals surface area (Å²) in [7, 11) is 0. The van der Waals surface area contributed by atoms with Gasteiger partial charge in [0.15, 0.2) is 0 Å². The first-order chi connectivity index (χ1) is 9.63. The van der Waals surface area contributed by atoms with Gasteiger partial charge in [-0.25, -0.2) is 4.39 Å². The standard InChI is InChI=1S/C16H11BrFNS/c17-13-8-15(19)16(9-14(13)18)20-12-6-5-10-3-1-2-4-11(10)7-12/h1-9H,19H2. The summed E-state index contributed by atoms with van der Waals surface area (Å²) in [5.74, 6) is -0.303. The Morgan fingerprint density at radius 1 is 0.950 bits per heavy atom. The van der Waals surface area contributed by atoms with Gasteiger partial charge in [0.2, 0.25) is 0 Å². The number of halogens is 2. The predicted molar refractivity (Wildman–Crippen MR) is 86.6 cm³/mol. The van der Waals surface area contributed by atoms with E-state index in [0.717, 1.165) is 15.2 Å². The van der Waals surface area contributed by atoms with Gasteiger partial charge >= 0.3 is 0 Å². The van der Waals surface area contributed by atoms with E-state index >= 15 is 0 Å². The highest BCUT2D eigenvalue weighted by Crippen LogP contribution is 2.36. The second-order valence-corrected chi connectivity index (χ2v) is 6.38. The normalized spacial score (nSPS) is 10.9. The van der Waals surface area contributed by atoms with Gasteiger partial charge in [0, 0.05) is 15.5 Å². The Morgan fingerprint density at radius 2 is 1.70 bits per heavy atom. The molecule has 0 aliphatic rings. The summed E-state index contributed by atoms with van der Waals surface area (Å²) in [5, 5.41) is 2.35. The van der Waals surface area contributed by atoms with Crippen LogP contribution in [0.2, 0.25) is 0 Å². The van der Waals surface area contributed by atoms with Gasteiger partial charge in [0.05, 0.1) is 4.47 Å². The maximum atomic E-state index is 13.6. The van der Waals surface area contributed by atoms with Gasteiger partial charge in [-0.2, -0.15) is 0 Å². The summed E-state index contributed by atoms with van der Waals surface area (Å²) < 4.78 is 14.0. The van der Waals surface area contributed by atoms with Crippen LogP contribution >= 0.6 is 27.7 Å². The molecule has 0 aromatic heterocycles. The lowest BCUT2D eigenvalue weighted by Gasteiger charge is -2.08. The highest BCUT2D eigenvalue weighted by atomic mass is 79.9. The third-order valence-electron chi connectivity index (χ3n) is 3.00. The van der Waals surface area contributed by atoms with E-state index in [1.807, 2.05) is 18.2 Å². The first kappa shape index (κ1) is 13.5. The third kappa shape index (κ3) is 2.67. The highest BCUT2D eigenvalue weighted by Gasteiger charge is 2.08. The number of nitrogens with two attached hydrogens (primary N) is 1. The van der Waals surface area contributed by atoms with Crippen molar-refractivity contribution in [2.75, 3.05) is 5.73 Å². The molecule has 0 spiro atoms. The molecular weight excluding hydrogens is 337 g/mol. The van der Waals surface area contributed by atoms with Gasteiger partial charge in [0.25, 0.3) is 0 Å². The summed E-state index contributed by atoms with van der Waals surface area (Å²) in [6, 6.07) is 17.4. The van der Waals surface area contributed by atoms with Crippen molar-refractivity contribution in [2.45, 2.75) is 9.79 Å². The molecule has 20 heavy (non-hydrogen) atoms. The van der Waals surface area contributed by atoms with Crippen molar-refractivity contribution in [1.29, 1.82) is 0 Å². The quantitative estimate of drug-likeness (QED) is 0.621. The van der Waals surface area contributed by atoms with Crippen molar-refractivity contribution in [3.8, 4) is 0 Å². The van der Waals surface area contributed by atoms with Crippen molar-refractivity contribution in [2.24, 2.45) is 0 Å². The molecule has 0 aliphatic heterocycles. The van der Waals surface area contributed by atoms with E-state index in [4.69, 9.17) is 5.73 Å². The van der Waals surface area contributed by atoms with E-state index in [1.165, 1.54) is 23.2 Å². The summed E-state index contributed by atoms with van der Waals surface area (Å²) in [6.07, 6.45) is 0. The van der Waals surface area contributed by atoms with Crippen molar-refractivity contribution >= 4 is 44.2 Å². The number of fused-ring (bicyclic) bond motifs is 1. The Hall–Kier alpha value is -1.52. The molecule has 100 valence electrons. The molecular formula is C16H11BrFNS. The lowest BCUT2D eigenvalue weighted by atomic mass is 10.1. The zero-order chi connectivity index (χ0) is 14.1. The second kappa shape index (κ2) is 5.46. The average molecular weight is 348 g/mol. The lowest BCUT2D eigenvalue weighted by molar-refractivity contribution is 0.618. The SMILES string of the molecule is Nc1cc(Br)c(F)cc1Sc1ccc2ccccc2c1. The zero-order valence-electron chi connectivity index (χ0n) is 10.4. The van der Waals surface area contributed by atoms with Crippen LogP contribution in [0.5, 0.6) is 0 Å². The summed E-state index contributed by atoms with van der Waals surface area (Å²) in [4.78, 5) is 1.76. The Balaban J connectivity index is 1.99. The summed E-state index contributed by atoms with van der Waals surface area (Å²) in [6.45, 7) is 0. The summed E-state index contributed by atoms with van der Waals surface area (Å²) >= 11 is 4.60. The molecule has 0 saturated heterocycles. The minimum absolute atomic E-state index is 0.303. The molecule has 0 radical (unpaired) electrons. The monoisotopic (exact) mass is 347 g/mol. The minimum Gasteiger partial charge on any atom is -0.398 e. The van der Waals surface area contributed by atoms with E-state index in [1.54, 1.807) is 6.07 Å². The number of rotatable bonds is 2. The number of hydrogen-bond acceptors (Lipinski definition) is 2. The van der Waals surface area contributed by atoms with Crippen molar-refractivity contribution < 1.29 is 4.39 Å². The number of nitrogen functional groups attached to an aromatic ring is 1. The molecule has 0 atom stereocenters. The third-order valence-corrected chi connectivity index (χ3v) is 4.67. The smallest absolute Gasteiger partial charge is 0.138 e. The Morgan fingerprint density at radius 3 is 2.50 bits per heavy atom.